The summed E-state index contributed by atoms with van der Waals surface area (Å²) in [4.78, 5) is -0.114. The van der Waals surface area contributed by atoms with E-state index in [-0.39, 0.29) is 15.8 Å². The Hall–Kier alpha value is -1.74. The van der Waals surface area contributed by atoms with Crippen LogP contribution in [0.3, 0.4) is 0 Å². The maximum absolute atomic E-state index is 12.5. The zero-order valence-corrected chi connectivity index (χ0v) is 13.8. The molecule has 122 valence electrons. The fourth-order valence-corrected chi connectivity index (χ4v) is 4.51. The lowest BCUT2D eigenvalue weighted by Gasteiger charge is -2.14. The summed E-state index contributed by atoms with van der Waals surface area (Å²) >= 11 is 0. The topological polar surface area (TPSA) is 106 Å². The Morgan fingerprint density at radius 1 is 0.913 bits per heavy atom. The number of hydrogen-bond acceptors (Lipinski definition) is 4. The van der Waals surface area contributed by atoms with Gasteiger partial charge in [-0.3, -0.25) is 0 Å². The normalized spacial score (nSPS) is 17.9. The Morgan fingerprint density at radius 3 is 2.17 bits per heavy atom. The smallest absolute Gasteiger partial charge is 0.225 e. The highest BCUT2D eigenvalue weighted by molar-refractivity contribution is 7.89. The molecule has 0 radical (unpaired) electrons. The summed E-state index contributed by atoms with van der Waals surface area (Å²) in [6.45, 7) is 0. The molecule has 2 aromatic carbocycles. The third-order valence-electron chi connectivity index (χ3n) is 3.89. The second-order valence-electron chi connectivity index (χ2n) is 5.43. The molecule has 0 saturated carbocycles. The molecule has 1 aliphatic carbocycles. The van der Waals surface area contributed by atoms with Crippen molar-refractivity contribution in [1.29, 1.82) is 0 Å². The van der Waals surface area contributed by atoms with Crippen LogP contribution in [-0.2, 0) is 26.5 Å². The van der Waals surface area contributed by atoms with Gasteiger partial charge in [0.15, 0.2) is 0 Å². The van der Waals surface area contributed by atoms with E-state index in [2.05, 4.69) is 4.72 Å². The van der Waals surface area contributed by atoms with Gasteiger partial charge in [0.1, 0.15) is 0 Å². The van der Waals surface area contributed by atoms with Crippen LogP contribution in [0.5, 0.6) is 0 Å². The molecule has 0 saturated heterocycles. The largest absolute Gasteiger partial charge is 0.241 e. The van der Waals surface area contributed by atoms with Crippen molar-refractivity contribution in [2.75, 3.05) is 0 Å². The SMILES string of the molecule is NS(=O)(=O)c1ccc(S(=O)(=O)NC2CCc3ccccc32)cc1. The predicted molar refractivity (Wildman–Crippen MR) is 85.6 cm³/mol. The van der Waals surface area contributed by atoms with Crippen molar-refractivity contribution in [2.45, 2.75) is 28.7 Å². The Balaban J connectivity index is 1.86. The van der Waals surface area contributed by atoms with Gasteiger partial charge in [-0.25, -0.2) is 26.7 Å². The van der Waals surface area contributed by atoms with Crippen LogP contribution in [0.25, 0.3) is 0 Å². The van der Waals surface area contributed by atoms with Crippen molar-refractivity contribution in [3.05, 3.63) is 59.7 Å². The van der Waals surface area contributed by atoms with Crippen LogP contribution in [0.15, 0.2) is 58.3 Å². The lowest BCUT2D eigenvalue weighted by Crippen LogP contribution is -2.27. The maximum Gasteiger partial charge on any atom is 0.241 e. The molecule has 0 aromatic heterocycles. The Morgan fingerprint density at radius 2 is 1.52 bits per heavy atom. The fourth-order valence-electron chi connectivity index (χ4n) is 2.74. The Bertz CT molecular complexity index is 936. The molecular formula is C15H16N2O4S2. The van der Waals surface area contributed by atoms with Crippen molar-refractivity contribution >= 4 is 20.0 Å². The summed E-state index contributed by atoms with van der Waals surface area (Å²) in [5, 5.41) is 5.01. The van der Waals surface area contributed by atoms with Crippen LogP contribution in [0.4, 0.5) is 0 Å². The van der Waals surface area contributed by atoms with Gasteiger partial charge in [-0.15, -0.1) is 0 Å². The first kappa shape index (κ1) is 16.1. The average molecular weight is 352 g/mol. The van der Waals surface area contributed by atoms with Gasteiger partial charge in [-0.1, -0.05) is 24.3 Å². The molecule has 0 spiro atoms. The van der Waals surface area contributed by atoms with Gasteiger partial charge in [0.2, 0.25) is 20.0 Å². The van der Waals surface area contributed by atoms with E-state index >= 15 is 0 Å². The highest BCUT2D eigenvalue weighted by Gasteiger charge is 2.27. The molecule has 1 atom stereocenters. The van der Waals surface area contributed by atoms with Gasteiger partial charge in [0.25, 0.3) is 0 Å². The van der Waals surface area contributed by atoms with E-state index in [4.69, 9.17) is 5.14 Å². The summed E-state index contributed by atoms with van der Waals surface area (Å²) < 4.78 is 50.1. The number of primary sulfonamides is 1. The van der Waals surface area contributed by atoms with Gasteiger partial charge >= 0.3 is 0 Å². The van der Waals surface area contributed by atoms with Crippen molar-refractivity contribution < 1.29 is 16.8 Å². The standard InChI is InChI=1S/C15H16N2O4S2/c16-22(18,19)12-6-8-13(9-7-12)23(20,21)17-15-10-5-11-3-1-2-4-14(11)15/h1-4,6-9,15,17H,5,10H2,(H2,16,18,19). The van der Waals surface area contributed by atoms with Gasteiger partial charge < -0.3 is 0 Å². The number of sulfonamides is 2. The Kier molecular flexibility index (Phi) is 4.01. The van der Waals surface area contributed by atoms with Crippen molar-refractivity contribution in [3.8, 4) is 0 Å². The van der Waals surface area contributed by atoms with Crippen LogP contribution >= 0.6 is 0 Å². The van der Waals surface area contributed by atoms with E-state index in [1.54, 1.807) is 0 Å². The highest BCUT2D eigenvalue weighted by atomic mass is 32.2. The van der Waals surface area contributed by atoms with Gasteiger partial charge in [0, 0.05) is 6.04 Å². The molecule has 0 bridgehead atoms. The molecule has 1 aliphatic rings. The molecule has 23 heavy (non-hydrogen) atoms. The highest BCUT2D eigenvalue weighted by Crippen LogP contribution is 2.32. The maximum atomic E-state index is 12.5. The average Bonchev–Trinajstić information content (AvgIpc) is 2.89. The fraction of sp³-hybridized carbons (Fsp3) is 0.200. The number of fused-ring (bicyclic) bond motifs is 1. The van der Waals surface area contributed by atoms with E-state index in [9.17, 15) is 16.8 Å². The molecule has 0 heterocycles. The van der Waals surface area contributed by atoms with E-state index in [0.29, 0.717) is 6.42 Å². The molecule has 6 nitrogen and oxygen atoms in total. The van der Waals surface area contributed by atoms with Crippen LogP contribution in [0.1, 0.15) is 23.6 Å². The summed E-state index contributed by atoms with van der Waals surface area (Å²) in [5.41, 5.74) is 2.13. The minimum absolute atomic E-state index is 0.00859. The quantitative estimate of drug-likeness (QED) is 0.865. The summed E-state index contributed by atoms with van der Waals surface area (Å²) in [5.74, 6) is 0. The van der Waals surface area contributed by atoms with E-state index in [1.165, 1.54) is 24.3 Å². The number of hydrogen-bond donors (Lipinski definition) is 2. The van der Waals surface area contributed by atoms with E-state index in [0.717, 1.165) is 17.5 Å². The third kappa shape index (κ3) is 3.30. The van der Waals surface area contributed by atoms with Crippen LogP contribution in [-0.4, -0.2) is 16.8 Å². The van der Waals surface area contributed by atoms with E-state index < -0.39 is 20.0 Å². The minimum Gasteiger partial charge on any atom is -0.225 e. The molecular weight excluding hydrogens is 336 g/mol. The van der Waals surface area contributed by atoms with Gasteiger partial charge in [0.05, 0.1) is 9.79 Å². The molecule has 1 unspecified atom stereocenters. The third-order valence-corrected chi connectivity index (χ3v) is 6.31. The molecule has 2 aromatic rings. The first-order chi connectivity index (χ1) is 10.8. The zero-order chi connectivity index (χ0) is 16.7. The van der Waals surface area contributed by atoms with Crippen molar-refractivity contribution in [2.24, 2.45) is 5.14 Å². The minimum atomic E-state index is -3.84. The first-order valence-electron chi connectivity index (χ1n) is 7.00. The molecule has 3 N–H and O–H groups in total. The number of nitrogens with two attached hydrogens (primary N) is 1. The summed E-state index contributed by atoms with van der Waals surface area (Å²) in [7, 11) is -7.58. The lowest BCUT2D eigenvalue weighted by molar-refractivity contribution is 0.554. The summed E-state index contributed by atoms with van der Waals surface area (Å²) in [6, 6.07) is 12.3. The molecule has 8 heteroatoms. The second kappa shape index (κ2) is 5.72. The second-order valence-corrected chi connectivity index (χ2v) is 8.70. The number of aryl methyl sites for hydroxylation is 1. The van der Waals surface area contributed by atoms with Gasteiger partial charge in [-0.05, 0) is 48.2 Å². The van der Waals surface area contributed by atoms with Crippen LogP contribution in [0, 0.1) is 0 Å². The molecule has 0 amide bonds. The van der Waals surface area contributed by atoms with Crippen LogP contribution in [0.2, 0.25) is 0 Å². The van der Waals surface area contributed by atoms with E-state index in [1.807, 2.05) is 24.3 Å². The van der Waals surface area contributed by atoms with Crippen LogP contribution < -0.4 is 9.86 Å². The predicted octanol–water partition coefficient (Wildman–Crippen LogP) is 1.30. The number of benzene rings is 2. The molecule has 3 rings (SSSR count). The lowest BCUT2D eigenvalue weighted by atomic mass is 10.1. The molecule has 0 aliphatic heterocycles. The monoisotopic (exact) mass is 352 g/mol. The summed E-state index contributed by atoms with van der Waals surface area (Å²) in [6.07, 6.45) is 1.53. The van der Waals surface area contributed by atoms with Gasteiger partial charge in [-0.2, -0.15) is 0 Å². The first-order valence-corrected chi connectivity index (χ1v) is 10.0. The molecule has 0 fully saturated rings. The van der Waals surface area contributed by atoms with Crippen molar-refractivity contribution in [1.82, 2.24) is 4.72 Å². The number of nitrogens with one attached hydrogen (secondary N) is 1. The van der Waals surface area contributed by atoms with Crippen molar-refractivity contribution in [3.63, 3.8) is 0 Å². The number of rotatable bonds is 4. The Labute approximate surface area is 135 Å². The zero-order valence-electron chi connectivity index (χ0n) is 12.1.